The maximum absolute atomic E-state index is 12.6. The maximum Gasteiger partial charge on any atom is 0.261 e. The van der Waals surface area contributed by atoms with Gasteiger partial charge in [-0.2, -0.15) is 0 Å². The number of anilines is 2. The normalized spacial score (nSPS) is 14.3. The molecular formula is C17H21N5O3. The van der Waals surface area contributed by atoms with Gasteiger partial charge >= 0.3 is 0 Å². The third-order valence-corrected chi connectivity index (χ3v) is 4.00. The molecule has 3 heterocycles. The Hall–Kier alpha value is -2.74. The number of hydrogen-bond acceptors (Lipinski definition) is 7. The molecule has 8 nitrogen and oxygen atoms in total. The van der Waals surface area contributed by atoms with Gasteiger partial charge in [0, 0.05) is 19.3 Å². The van der Waals surface area contributed by atoms with E-state index in [9.17, 15) is 4.79 Å². The van der Waals surface area contributed by atoms with Crippen molar-refractivity contribution in [3.05, 3.63) is 35.3 Å². The minimum absolute atomic E-state index is 0.279. The average Bonchev–Trinajstić information content (AvgIpc) is 2.65. The molecular weight excluding hydrogens is 322 g/mol. The van der Waals surface area contributed by atoms with Crippen molar-refractivity contribution in [3.63, 3.8) is 0 Å². The Labute approximate surface area is 146 Å². The lowest BCUT2D eigenvalue weighted by Crippen LogP contribution is -2.37. The summed E-state index contributed by atoms with van der Waals surface area (Å²) in [5.74, 6) is 0.635. The van der Waals surface area contributed by atoms with Crippen LogP contribution in [-0.2, 0) is 4.74 Å². The lowest BCUT2D eigenvalue weighted by atomic mass is 10.2. The molecule has 3 rings (SSSR count). The molecule has 1 aliphatic rings. The van der Waals surface area contributed by atoms with Gasteiger partial charge in [0.1, 0.15) is 5.56 Å². The minimum Gasteiger partial charge on any atom is -0.480 e. The second-order valence-corrected chi connectivity index (χ2v) is 5.68. The number of aryl methyl sites for hydroxylation is 2. The predicted molar refractivity (Wildman–Crippen MR) is 93.3 cm³/mol. The van der Waals surface area contributed by atoms with Crippen molar-refractivity contribution in [3.8, 4) is 5.88 Å². The first-order valence-corrected chi connectivity index (χ1v) is 8.08. The molecule has 1 saturated heterocycles. The zero-order chi connectivity index (χ0) is 17.8. The van der Waals surface area contributed by atoms with Gasteiger partial charge in [-0.1, -0.05) is 0 Å². The molecule has 0 aromatic carbocycles. The smallest absolute Gasteiger partial charge is 0.261 e. The van der Waals surface area contributed by atoms with E-state index in [1.54, 1.807) is 18.3 Å². The highest BCUT2D eigenvalue weighted by atomic mass is 16.5. The average molecular weight is 343 g/mol. The van der Waals surface area contributed by atoms with Crippen LogP contribution in [0.15, 0.2) is 18.3 Å². The zero-order valence-corrected chi connectivity index (χ0v) is 14.6. The van der Waals surface area contributed by atoms with Crippen LogP contribution in [-0.4, -0.2) is 54.3 Å². The number of ether oxygens (including phenoxy) is 2. The summed E-state index contributed by atoms with van der Waals surface area (Å²) in [4.78, 5) is 27.8. The number of nitrogens with zero attached hydrogens (tertiary/aromatic N) is 4. The SMILES string of the molecule is COc1ncccc1C(=O)Nc1c(C)nc(N2CCOCC2)nc1C. The van der Waals surface area contributed by atoms with E-state index in [4.69, 9.17) is 9.47 Å². The van der Waals surface area contributed by atoms with Gasteiger partial charge in [-0.3, -0.25) is 4.79 Å². The molecule has 0 bridgehead atoms. The van der Waals surface area contributed by atoms with Crippen LogP contribution >= 0.6 is 0 Å². The predicted octanol–water partition coefficient (Wildman–Crippen LogP) is 1.59. The van der Waals surface area contributed by atoms with Crippen LogP contribution in [0.3, 0.4) is 0 Å². The molecule has 0 unspecified atom stereocenters. The standard InChI is InChI=1S/C17H21N5O3/c1-11-14(21-15(23)13-5-4-6-18-16(13)24-3)12(2)20-17(19-11)22-7-9-25-10-8-22/h4-6H,7-10H2,1-3H3,(H,21,23). The van der Waals surface area contributed by atoms with Crippen LogP contribution in [0.2, 0.25) is 0 Å². The number of carbonyl (C=O) groups is 1. The zero-order valence-electron chi connectivity index (χ0n) is 14.6. The first-order chi connectivity index (χ1) is 12.1. The van der Waals surface area contributed by atoms with Gasteiger partial charge in [-0.05, 0) is 26.0 Å². The van der Waals surface area contributed by atoms with Crippen molar-refractivity contribution >= 4 is 17.5 Å². The van der Waals surface area contributed by atoms with Crippen molar-refractivity contribution in [1.29, 1.82) is 0 Å². The van der Waals surface area contributed by atoms with E-state index < -0.39 is 0 Å². The van der Waals surface area contributed by atoms with Crippen LogP contribution in [0, 0.1) is 13.8 Å². The molecule has 0 radical (unpaired) electrons. The number of rotatable bonds is 4. The number of morpholine rings is 1. The molecule has 0 spiro atoms. The van der Waals surface area contributed by atoms with Crippen LogP contribution in [0.1, 0.15) is 21.7 Å². The van der Waals surface area contributed by atoms with E-state index >= 15 is 0 Å². The highest BCUT2D eigenvalue weighted by molar-refractivity contribution is 6.06. The molecule has 1 amide bonds. The fourth-order valence-electron chi connectivity index (χ4n) is 2.69. The summed E-state index contributed by atoms with van der Waals surface area (Å²) >= 11 is 0. The van der Waals surface area contributed by atoms with Crippen LogP contribution in [0.4, 0.5) is 11.6 Å². The van der Waals surface area contributed by atoms with Gasteiger partial charge in [0.25, 0.3) is 5.91 Å². The molecule has 1 fully saturated rings. The monoisotopic (exact) mass is 343 g/mol. The summed E-state index contributed by atoms with van der Waals surface area (Å²) in [7, 11) is 1.48. The second-order valence-electron chi connectivity index (χ2n) is 5.68. The number of methoxy groups -OCH3 is 1. The number of carbonyl (C=O) groups excluding carboxylic acids is 1. The number of nitrogens with one attached hydrogen (secondary N) is 1. The molecule has 0 atom stereocenters. The van der Waals surface area contributed by atoms with E-state index in [2.05, 4.69) is 25.2 Å². The molecule has 25 heavy (non-hydrogen) atoms. The van der Waals surface area contributed by atoms with Crippen molar-refractivity contribution in [2.45, 2.75) is 13.8 Å². The molecule has 1 aliphatic heterocycles. The van der Waals surface area contributed by atoms with Crippen LogP contribution < -0.4 is 15.0 Å². The van der Waals surface area contributed by atoms with Gasteiger partial charge < -0.3 is 19.7 Å². The Balaban J connectivity index is 1.84. The maximum atomic E-state index is 12.6. The van der Waals surface area contributed by atoms with Crippen molar-refractivity contribution in [2.75, 3.05) is 43.6 Å². The van der Waals surface area contributed by atoms with Gasteiger partial charge in [-0.15, -0.1) is 0 Å². The quantitative estimate of drug-likeness (QED) is 0.901. The van der Waals surface area contributed by atoms with Crippen molar-refractivity contribution < 1.29 is 14.3 Å². The topological polar surface area (TPSA) is 89.5 Å². The molecule has 132 valence electrons. The Morgan fingerprint density at radius 2 is 1.92 bits per heavy atom. The van der Waals surface area contributed by atoms with E-state index in [1.807, 2.05) is 13.8 Å². The molecule has 0 saturated carbocycles. The van der Waals surface area contributed by atoms with Crippen LogP contribution in [0.25, 0.3) is 0 Å². The van der Waals surface area contributed by atoms with Gasteiger partial charge in [-0.25, -0.2) is 15.0 Å². The van der Waals surface area contributed by atoms with Crippen LogP contribution in [0.5, 0.6) is 5.88 Å². The Kier molecular flexibility index (Phi) is 5.08. The Morgan fingerprint density at radius 3 is 2.56 bits per heavy atom. The number of hydrogen-bond donors (Lipinski definition) is 1. The summed E-state index contributed by atoms with van der Waals surface area (Å²) < 4.78 is 10.5. The summed E-state index contributed by atoms with van der Waals surface area (Å²) in [6.07, 6.45) is 1.58. The molecule has 0 aliphatic carbocycles. The van der Waals surface area contributed by atoms with E-state index in [0.29, 0.717) is 41.8 Å². The fourth-order valence-corrected chi connectivity index (χ4v) is 2.69. The number of aromatic nitrogens is 3. The Bertz CT molecular complexity index is 752. The molecule has 2 aromatic rings. The lowest BCUT2D eigenvalue weighted by molar-refractivity contribution is 0.102. The van der Waals surface area contributed by atoms with Crippen molar-refractivity contribution in [2.24, 2.45) is 0 Å². The van der Waals surface area contributed by atoms with E-state index in [1.165, 1.54) is 7.11 Å². The molecule has 2 aromatic heterocycles. The van der Waals surface area contributed by atoms with Gasteiger partial charge in [0.05, 0.1) is 37.4 Å². The summed E-state index contributed by atoms with van der Waals surface area (Å²) in [5, 5.41) is 2.87. The first-order valence-electron chi connectivity index (χ1n) is 8.08. The highest BCUT2D eigenvalue weighted by Gasteiger charge is 2.19. The third-order valence-electron chi connectivity index (χ3n) is 4.00. The Morgan fingerprint density at radius 1 is 1.24 bits per heavy atom. The fraction of sp³-hybridized carbons (Fsp3) is 0.412. The number of amides is 1. The summed E-state index contributed by atoms with van der Waals surface area (Å²) in [5.41, 5.74) is 2.39. The summed E-state index contributed by atoms with van der Waals surface area (Å²) in [6.45, 7) is 6.57. The van der Waals surface area contributed by atoms with Crippen molar-refractivity contribution in [1.82, 2.24) is 15.0 Å². The molecule has 1 N–H and O–H groups in total. The highest BCUT2D eigenvalue weighted by Crippen LogP contribution is 2.23. The third kappa shape index (κ3) is 3.69. The van der Waals surface area contributed by atoms with Gasteiger partial charge in [0.15, 0.2) is 0 Å². The number of pyridine rings is 1. The second kappa shape index (κ2) is 7.43. The summed E-state index contributed by atoms with van der Waals surface area (Å²) in [6, 6.07) is 3.35. The van der Waals surface area contributed by atoms with E-state index in [-0.39, 0.29) is 11.8 Å². The lowest BCUT2D eigenvalue weighted by Gasteiger charge is -2.27. The van der Waals surface area contributed by atoms with E-state index in [0.717, 1.165) is 13.1 Å². The minimum atomic E-state index is -0.307. The largest absolute Gasteiger partial charge is 0.480 e. The first kappa shape index (κ1) is 17.1. The molecule has 8 heteroatoms. The van der Waals surface area contributed by atoms with Gasteiger partial charge in [0.2, 0.25) is 11.8 Å².